The van der Waals surface area contributed by atoms with Crippen LogP contribution in [0.4, 0.5) is 8.78 Å². The summed E-state index contributed by atoms with van der Waals surface area (Å²) in [7, 11) is 0. The number of nitrogens with one attached hydrogen (secondary N) is 1. The van der Waals surface area contributed by atoms with Crippen molar-refractivity contribution in [2.24, 2.45) is 0 Å². The third-order valence-corrected chi connectivity index (χ3v) is 2.34. The summed E-state index contributed by atoms with van der Waals surface area (Å²) in [4.78, 5) is 22.6. The lowest BCUT2D eigenvalue weighted by molar-refractivity contribution is -0.139. The third kappa shape index (κ3) is 4.81. The Morgan fingerprint density at radius 1 is 1.35 bits per heavy atom. The van der Waals surface area contributed by atoms with Gasteiger partial charge in [0, 0.05) is 18.6 Å². The summed E-state index contributed by atoms with van der Waals surface area (Å²) in [6.07, 6.45) is -0.158. The second kappa shape index (κ2) is 7.39. The van der Waals surface area contributed by atoms with E-state index in [0.29, 0.717) is 0 Å². The van der Waals surface area contributed by atoms with Crippen molar-refractivity contribution in [3.63, 3.8) is 0 Å². The molecule has 3 N–H and O–H groups in total. The minimum atomic E-state index is -3.02. The lowest BCUT2D eigenvalue weighted by atomic mass is 10.1. The highest BCUT2D eigenvalue weighted by Crippen LogP contribution is 2.16. The van der Waals surface area contributed by atoms with Crippen LogP contribution in [0.25, 0.3) is 0 Å². The molecule has 1 aromatic rings. The molecule has 1 rings (SSSR count). The zero-order chi connectivity index (χ0) is 15.1. The Hall–Kier alpha value is -2.22. The van der Waals surface area contributed by atoms with Gasteiger partial charge in [0.05, 0.1) is 0 Å². The molecular formula is C12H13F2NO5. The number of hydrogen-bond acceptors (Lipinski definition) is 4. The Balaban J connectivity index is 2.78. The first-order valence-electron chi connectivity index (χ1n) is 5.63. The number of aliphatic hydroxyl groups excluding tert-OH is 1. The summed E-state index contributed by atoms with van der Waals surface area (Å²) >= 11 is 0. The summed E-state index contributed by atoms with van der Waals surface area (Å²) in [5.74, 6) is -2.26. The van der Waals surface area contributed by atoms with Crippen LogP contribution in [-0.4, -0.2) is 41.3 Å². The summed E-state index contributed by atoms with van der Waals surface area (Å²) in [5, 5.41) is 19.7. The van der Waals surface area contributed by atoms with Crippen molar-refractivity contribution < 1.29 is 33.3 Å². The maximum absolute atomic E-state index is 12.0. The van der Waals surface area contributed by atoms with Gasteiger partial charge in [-0.15, -0.1) is 0 Å². The maximum atomic E-state index is 12.0. The van der Waals surface area contributed by atoms with E-state index in [1.165, 1.54) is 18.2 Å². The highest BCUT2D eigenvalue weighted by Gasteiger charge is 2.20. The van der Waals surface area contributed by atoms with Crippen LogP contribution in [0, 0.1) is 0 Å². The average molecular weight is 289 g/mol. The number of alkyl halides is 2. The molecule has 0 aliphatic rings. The maximum Gasteiger partial charge on any atom is 0.387 e. The Morgan fingerprint density at radius 3 is 2.60 bits per heavy atom. The molecule has 8 heteroatoms. The van der Waals surface area contributed by atoms with Gasteiger partial charge in [-0.2, -0.15) is 8.78 Å². The first-order valence-corrected chi connectivity index (χ1v) is 5.63. The summed E-state index contributed by atoms with van der Waals surface area (Å²) in [6.45, 7) is -3.43. The van der Waals surface area contributed by atoms with Crippen LogP contribution in [-0.2, 0) is 4.79 Å². The van der Waals surface area contributed by atoms with Crippen LogP contribution >= 0.6 is 0 Å². The summed E-state index contributed by atoms with van der Waals surface area (Å²) < 4.78 is 28.2. The zero-order valence-electron chi connectivity index (χ0n) is 10.3. The third-order valence-electron chi connectivity index (χ3n) is 2.34. The number of benzene rings is 1. The number of carboxylic acids is 1. The van der Waals surface area contributed by atoms with Crippen molar-refractivity contribution in [2.45, 2.75) is 19.1 Å². The van der Waals surface area contributed by atoms with E-state index < -0.39 is 31.1 Å². The Labute approximate surface area is 113 Å². The summed E-state index contributed by atoms with van der Waals surface area (Å²) in [6, 6.07) is 3.71. The van der Waals surface area contributed by atoms with Crippen molar-refractivity contribution in [1.29, 1.82) is 0 Å². The lowest BCUT2D eigenvalue weighted by Gasteiger charge is -2.13. The minimum Gasteiger partial charge on any atom is -0.480 e. The molecule has 0 aliphatic carbocycles. The van der Waals surface area contributed by atoms with Crippen LogP contribution in [0.3, 0.4) is 0 Å². The van der Waals surface area contributed by atoms with E-state index in [1.807, 2.05) is 0 Å². The highest BCUT2D eigenvalue weighted by molar-refractivity contribution is 5.96. The van der Waals surface area contributed by atoms with E-state index in [1.54, 1.807) is 0 Å². The average Bonchev–Trinajstić information content (AvgIpc) is 2.37. The molecule has 0 heterocycles. The quantitative estimate of drug-likeness (QED) is 0.691. The SMILES string of the molecule is O=C(NC(CCO)C(=O)O)c1cccc(OC(F)F)c1. The number of ether oxygens (including phenoxy) is 1. The van der Waals surface area contributed by atoms with Crippen molar-refractivity contribution in [3.8, 4) is 5.75 Å². The van der Waals surface area contributed by atoms with Gasteiger partial charge in [0.1, 0.15) is 11.8 Å². The van der Waals surface area contributed by atoms with Crippen molar-refractivity contribution in [1.82, 2.24) is 5.32 Å². The van der Waals surface area contributed by atoms with Crippen LogP contribution < -0.4 is 10.1 Å². The number of aliphatic hydroxyl groups is 1. The first-order chi connectivity index (χ1) is 9.43. The smallest absolute Gasteiger partial charge is 0.387 e. The molecule has 110 valence electrons. The van der Waals surface area contributed by atoms with Gasteiger partial charge in [0.2, 0.25) is 0 Å². The molecule has 0 aromatic heterocycles. The number of rotatable bonds is 7. The largest absolute Gasteiger partial charge is 0.480 e. The van der Waals surface area contributed by atoms with Gasteiger partial charge in [-0.25, -0.2) is 4.79 Å². The molecule has 0 fully saturated rings. The molecule has 20 heavy (non-hydrogen) atoms. The molecule has 1 unspecified atom stereocenters. The molecule has 1 amide bonds. The van der Waals surface area contributed by atoms with Gasteiger partial charge in [0.15, 0.2) is 0 Å². The molecule has 6 nitrogen and oxygen atoms in total. The number of aliphatic carboxylic acids is 1. The topological polar surface area (TPSA) is 95.9 Å². The van der Waals surface area contributed by atoms with Gasteiger partial charge in [0.25, 0.3) is 5.91 Å². The lowest BCUT2D eigenvalue weighted by Crippen LogP contribution is -2.41. The van der Waals surface area contributed by atoms with E-state index in [9.17, 15) is 18.4 Å². The molecule has 0 bridgehead atoms. The Kier molecular flexibility index (Phi) is 5.85. The molecule has 0 saturated carbocycles. The molecule has 1 aromatic carbocycles. The number of carboxylic acid groups (broad SMARTS) is 1. The predicted octanol–water partition coefficient (Wildman–Crippen LogP) is 0.853. The molecule has 0 saturated heterocycles. The second-order valence-electron chi connectivity index (χ2n) is 3.78. The molecule has 1 atom stereocenters. The fourth-order valence-electron chi connectivity index (χ4n) is 1.44. The van der Waals surface area contributed by atoms with Crippen molar-refractivity contribution >= 4 is 11.9 Å². The van der Waals surface area contributed by atoms with Crippen LogP contribution in [0.1, 0.15) is 16.8 Å². The highest BCUT2D eigenvalue weighted by atomic mass is 19.3. The van der Waals surface area contributed by atoms with E-state index in [0.717, 1.165) is 6.07 Å². The van der Waals surface area contributed by atoms with Crippen molar-refractivity contribution in [2.75, 3.05) is 6.61 Å². The monoisotopic (exact) mass is 289 g/mol. The first kappa shape index (κ1) is 15.8. The standard InChI is InChI=1S/C12H13F2NO5/c13-12(14)20-8-3-1-2-7(6-8)10(17)15-9(4-5-16)11(18)19/h1-3,6,9,12,16H,4-5H2,(H,15,17)(H,18,19). The summed E-state index contributed by atoms with van der Waals surface area (Å²) in [5.41, 5.74) is -0.0210. The predicted molar refractivity (Wildman–Crippen MR) is 63.7 cm³/mol. The van der Waals surface area contributed by atoms with Crippen LogP contribution in [0.2, 0.25) is 0 Å². The number of carbonyl (C=O) groups excluding carboxylic acids is 1. The van der Waals surface area contributed by atoms with E-state index in [4.69, 9.17) is 10.2 Å². The van der Waals surface area contributed by atoms with Gasteiger partial charge in [-0.05, 0) is 18.2 Å². The molecule has 0 radical (unpaired) electrons. The fourth-order valence-corrected chi connectivity index (χ4v) is 1.44. The number of amides is 1. The molecule has 0 spiro atoms. The van der Waals surface area contributed by atoms with Crippen LogP contribution in [0.5, 0.6) is 5.75 Å². The Bertz CT molecular complexity index is 481. The van der Waals surface area contributed by atoms with Crippen molar-refractivity contribution in [3.05, 3.63) is 29.8 Å². The minimum absolute atomic E-state index is 0.0210. The van der Waals surface area contributed by atoms with E-state index in [-0.39, 0.29) is 17.7 Å². The molecular weight excluding hydrogens is 276 g/mol. The van der Waals surface area contributed by atoms with Gasteiger partial charge in [-0.3, -0.25) is 4.79 Å². The number of carbonyl (C=O) groups is 2. The van der Waals surface area contributed by atoms with Gasteiger partial charge >= 0.3 is 12.6 Å². The van der Waals surface area contributed by atoms with Gasteiger partial charge in [-0.1, -0.05) is 6.07 Å². The normalized spacial score (nSPS) is 12.0. The molecule has 0 aliphatic heterocycles. The van der Waals surface area contributed by atoms with E-state index in [2.05, 4.69) is 10.1 Å². The van der Waals surface area contributed by atoms with Gasteiger partial charge < -0.3 is 20.3 Å². The number of halogens is 2. The fraction of sp³-hybridized carbons (Fsp3) is 0.333. The number of hydrogen-bond donors (Lipinski definition) is 3. The van der Waals surface area contributed by atoms with E-state index >= 15 is 0 Å². The Morgan fingerprint density at radius 2 is 2.05 bits per heavy atom. The zero-order valence-corrected chi connectivity index (χ0v) is 10.3. The van der Waals surface area contributed by atoms with Crippen LogP contribution in [0.15, 0.2) is 24.3 Å². The second-order valence-corrected chi connectivity index (χ2v) is 3.78.